The summed E-state index contributed by atoms with van der Waals surface area (Å²) in [4.78, 5) is 3.88. The van der Waals surface area contributed by atoms with Gasteiger partial charge in [-0.2, -0.15) is 0 Å². The first-order valence-corrected chi connectivity index (χ1v) is 12.6. The first kappa shape index (κ1) is 26.3. The summed E-state index contributed by atoms with van der Waals surface area (Å²) in [5.41, 5.74) is 3.27. The molecule has 0 saturated carbocycles. The molecule has 5 rings (SSSR count). The van der Waals surface area contributed by atoms with E-state index in [1.54, 1.807) is 6.07 Å². The molecule has 3 aromatic carbocycles. The molecule has 2 aliphatic rings. The fourth-order valence-corrected chi connectivity index (χ4v) is 5.77. The predicted molar refractivity (Wildman–Crippen MR) is 136 cm³/mol. The van der Waals surface area contributed by atoms with Crippen molar-refractivity contribution in [3.8, 4) is 5.75 Å². The average Bonchev–Trinajstić information content (AvgIpc) is 3.45. The van der Waals surface area contributed by atoms with Gasteiger partial charge in [0.25, 0.3) is 0 Å². The van der Waals surface area contributed by atoms with Gasteiger partial charge in [0, 0.05) is 43.0 Å². The molecule has 0 amide bonds. The van der Waals surface area contributed by atoms with Gasteiger partial charge in [-0.25, -0.2) is 8.78 Å². The molecule has 38 heavy (non-hydrogen) atoms. The molecule has 2 aliphatic heterocycles. The highest BCUT2D eigenvalue weighted by atomic mass is 19.4. The van der Waals surface area contributed by atoms with Gasteiger partial charge in [-0.3, -0.25) is 0 Å². The first-order valence-electron chi connectivity index (χ1n) is 12.6. The lowest BCUT2D eigenvalue weighted by molar-refractivity contribution is -0.274. The lowest BCUT2D eigenvalue weighted by Crippen LogP contribution is -2.40. The molecule has 1 saturated heterocycles. The number of rotatable bonds is 8. The van der Waals surface area contributed by atoms with Crippen molar-refractivity contribution in [3.05, 3.63) is 89.5 Å². The number of β-amino-alcohol motifs (C(OH)–C–C–N with tert-alkyl or cyclic N) is 1. The van der Waals surface area contributed by atoms with Crippen molar-refractivity contribution in [2.45, 2.75) is 36.9 Å². The molecule has 0 aliphatic carbocycles. The van der Waals surface area contributed by atoms with Gasteiger partial charge in [0.1, 0.15) is 18.6 Å². The molecule has 3 atom stereocenters. The van der Waals surface area contributed by atoms with E-state index in [4.69, 9.17) is 0 Å². The van der Waals surface area contributed by atoms with Crippen LogP contribution in [0.1, 0.15) is 23.1 Å². The molecule has 0 spiro atoms. The standard InChI is InChI=1S/C29H29F5N2O2/c30-16-24(37)18-36-19-28(26-9-1-2-10-27(26)36,21-6-4-8-25(14-21)38-29(32,33)34)15-20-5-3-7-23(13-20)35-12-11-22(31)17-35/h1-10,13-14,22,24,37H,11-12,15-19H2/t22-,24+,28?/m1/s1. The number of hydrogen-bond acceptors (Lipinski definition) is 4. The van der Waals surface area contributed by atoms with Crippen LogP contribution in [-0.4, -0.2) is 56.6 Å². The van der Waals surface area contributed by atoms with Crippen molar-refractivity contribution in [1.29, 1.82) is 0 Å². The number of ether oxygens (including phenoxy) is 1. The Morgan fingerprint density at radius 2 is 1.82 bits per heavy atom. The van der Waals surface area contributed by atoms with Crippen molar-refractivity contribution in [2.24, 2.45) is 0 Å². The van der Waals surface area contributed by atoms with Gasteiger partial charge in [0.2, 0.25) is 0 Å². The molecule has 2 heterocycles. The minimum absolute atomic E-state index is 0.0414. The van der Waals surface area contributed by atoms with Crippen molar-refractivity contribution in [3.63, 3.8) is 0 Å². The first-order chi connectivity index (χ1) is 18.2. The van der Waals surface area contributed by atoms with Crippen LogP contribution in [0, 0.1) is 0 Å². The second kappa shape index (κ2) is 10.4. The topological polar surface area (TPSA) is 35.9 Å². The third-order valence-corrected chi connectivity index (χ3v) is 7.36. The summed E-state index contributed by atoms with van der Waals surface area (Å²) in [7, 11) is 0. The van der Waals surface area contributed by atoms with Gasteiger partial charge in [0.15, 0.2) is 0 Å². The second-order valence-electron chi connectivity index (χ2n) is 10.0. The highest BCUT2D eigenvalue weighted by molar-refractivity contribution is 5.67. The Morgan fingerprint density at radius 3 is 2.55 bits per heavy atom. The van der Waals surface area contributed by atoms with E-state index in [-0.39, 0.29) is 12.3 Å². The quantitative estimate of drug-likeness (QED) is 0.372. The molecule has 1 unspecified atom stereocenters. The molecule has 1 N–H and O–H groups in total. The summed E-state index contributed by atoms with van der Waals surface area (Å²) in [6.45, 7) is 0.389. The van der Waals surface area contributed by atoms with Gasteiger partial charge in [-0.05, 0) is 59.9 Å². The highest BCUT2D eigenvalue weighted by Crippen LogP contribution is 2.48. The monoisotopic (exact) mass is 532 g/mol. The van der Waals surface area contributed by atoms with Crippen LogP contribution in [-0.2, 0) is 11.8 Å². The number of aliphatic hydroxyl groups is 1. The number of anilines is 2. The molecular formula is C29H29F5N2O2. The molecule has 4 nitrogen and oxygen atoms in total. The number of fused-ring (bicyclic) bond motifs is 1. The summed E-state index contributed by atoms with van der Waals surface area (Å²) >= 11 is 0. The maximum atomic E-state index is 13.9. The fraction of sp³-hybridized carbons (Fsp3) is 0.379. The summed E-state index contributed by atoms with van der Waals surface area (Å²) in [6, 6.07) is 21.2. The van der Waals surface area contributed by atoms with Crippen LogP contribution in [0.5, 0.6) is 5.75 Å². The Bertz CT molecular complexity index is 1270. The van der Waals surface area contributed by atoms with Crippen LogP contribution in [0.4, 0.5) is 33.3 Å². The Balaban J connectivity index is 1.59. The predicted octanol–water partition coefficient (Wildman–Crippen LogP) is 5.81. The van der Waals surface area contributed by atoms with Gasteiger partial charge in [-0.1, -0.05) is 42.5 Å². The average molecular weight is 533 g/mol. The van der Waals surface area contributed by atoms with Crippen molar-refractivity contribution in [2.75, 3.05) is 42.7 Å². The van der Waals surface area contributed by atoms with E-state index in [0.717, 1.165) is 22.5 Å². The van der Waals surface area contributed by atoms with Gasteiger partial charge < -0.3 is 19.6 Å². The summed E-state index contributed by atoms with van der Waals surface area (Å²) < 4.78 is 70.6. The Kier molecular flexibility index (Phi) is 7.22. The van der Waals surface area contributed by atoms with Crippen LogP contribution >= 0.6 is 0 Å². The molecule has 0 bridgehead atoms. The molecule has 1 fully saturated rings. The van der Waals surface area contributed by atoms with Crippen molar-refractivity contribution >= 4 is 11.4 Å². The number of para-hydroxylation sites is 1. The van der Waals surface area contributed by atoms with Gasteiger partial charge >= 0.3 is 6.36 Å². The van der Waals surface area contributed by atoms with E-state index in [2.05, 4.69) is 4.74 Å². The molecule has 0 aromatic heterocycles. The van der Waals surface area contributed by atoms with E-state index in [1.807, 2.05) is 58.3 Å². The maximum absolute atomic E-state index is 13.9. The highest BCUT2D eigenvalue weighted by Gasteiger charge is 2.45. The minimum atomic E-state index is -4.84. The maximum Gasteiger partial charge on any atom is 0.573 e. The zero-order valence-corrected chi connectivity index (χ0v) is 20.7. The van der Waals surface area contributed by atoms with Crippen LogP contribution < -0.4 is 14.5 Å². The fourth-order valence-electron chi connectivity index (χ4n) is 5.77. The van der Waals surface area contributed by atoms with Crippen molar-refractivity contribution < 1.29 is 31.8 Å². The van der Waals surface area contributed by atoms with Crippen LogP contribution in [0.25, 0.3) is 0 Å². The number of benzene rings is 3. The van der Waals surface area contributed by atoms with Crippen LogP contribution in [0.15, 0.2) is 72.8 Å². The molecule has 202 valence electrons. The van der Waals surface area contributed by atoms with E-state index in [0.29, 0.717) is 38.0 Å². The summed E-state index contributed by atoms with van der Waals surface area (Å²) in [6.07, 6.45) is -6.03. The number of nitrogens with zero attached hydrogens (tertiary/aromatic N) is 2. The summed E-state index contributed by atoms with van der Waals surface area (Å²) in [5, 5.41) is 10.1. The van der Waals surface area contributed by atoms with Gasteiger partial charge in [0.05, 0.1) is 6.10 Å². The number of alkyl halides is 5. The van der Waals surface area contributed by atoms with Crippen molar-refractivity contribution in [1.82, 2.24) is 0 Å². The molecular weight excluding hydrogens is 503 g/mol. The zero-order valence-electron chi connectivity index (χ0n) is 20.7. The SMILES string of the molecule is O[C@@H](CF)CN1CC(Cc2cccc(N3CC[C@@H](F)C3)c2)(c2cccc(OC(F)(F)F)c2)c2ccccc21. The Morgan fingerprint density at radius 1 is 1.03 bits per heavy atom. The third-order valence-electron chi connectivity index (χ3n) is 7.36. The number of halogens is 5. The smallest absolute Gasteiger partial charge is 0.406 e. The Hall–Kier alpha value is -3.33. The van der Waals surface area contributed by atoms with E-state index in [9.17, 15) is 27.1 Å². The molecule has 9 heteroatoms. The third kappa shape index (κ3) is 5.43. The van der Waals surface area contributed by atoms with E-state index >= 15 is 0 Å². The van der Waals surface area contributed by atoms with E-state index < -0.39 is 30.7 Å². The number of hydrogen-bond donors (Lipinski definition) is 1. The van der Waals surface area contributed by atoms with Crippen LogP contribution in [0.2, 0.25) is 0 Å². The largest absolute Gasteiger partial charge is 0.573 e. The lowest BCUT2D eigenvalue weighted by atomic mass is 9.71. The normalized spacial score (nSPS) is 22.0. The van der Waals surface area contributed by atoms with Gasteiger partial charge in [-0.15, -0.1) is 13.2 Å². The minimum Gasteiger partial charge on any atom is -0.406 e. The zero-order chi connectivity index (χ0) is 26.9. The lowest BCUT2D eigenvalue weighted by Gasteiger charge is -2.33. The molecule has 0 radical (unpaired) electrons. The second-order valence-corrected chi connectivity index (χ2v) is 10.0. The van der Waals surface area contributed by atoms with E-state index in [1.165, 1.54) is 18.2 Å². The number of aliphatic hydroxyl groups excluding tert-OH is 1. The Labute approximate surface area is 218 Å². The van der Waals surface area contributed by atoms with Crippen LogP contribution in [0.3, 0.4) is 0 Å². The molecule has 3 aromatic rings. The summed E-state index contributed by atoms with van der Waals surface area (Å²) in [5.74, 6) is -0.325.